The molecule has 1 unspecified atom stereocenters. The minimum absolute atomic E-state index is 0.196. The summed E-state index contributed by atoms with van der Waals surface area (Å²) in [5, 5.41) is 2.33. The zero-order valence-electron chi connectivity index (χ0n) is 21.2. The molecule has 0 spiro atoms. The number of benzene rings is 1. The minimum Gasteiger partial charge on any atom is -0.444 e. The number of aromatic nitrogens is 2. The van der Waals surface area contributed by atoms with E-state index in [1.165, 1.54) is 9.13 Å². The Hall–Kier alpha value is -3.18. The van der Waals surface area contributed by atoms with E-state index in [-0.39, 0.29) is 30.2 Å². The lowest BCUT2D eigenvalue weighted by molar-refractivity contribution is -0.135. The quantitative estimate of drug-likeness (QED) is 0.470. The number of piperidine rings is 1. The fourth-order valence-corrected chi connectivity index (χ4v) is 4.66. The molecule has 3 amide bonds. The predicted octanol–water partition coefficient (Wildman–Crippen LogP) is 1.51. The fourth-order valence-electron chi connectivity index (χ4n) is 4.66. The van der Waals surface area contributed by atoms with Gasteiger partial charge in [0.2, 0.25) is 11.8 Å². The van der Waals surface area contributed by atoms with Crippen LogP contribution in [0.2, 0.25) is 0 Å². The van der Waals surface area contributed by atoms with E-state index < -0.39 is 17.6 Å². The molecule has 196 valence electrons. The molecule has 2 saturated heterocycles. The number of aryl methyl sites for hydroxylation is 1. The molecule has 11 heteroatoms. The first kappa shape index (κ1) is 25.9. The molecule has 3 heterocycles. The number of ether oxygens (including phenoxy) is 3. The van der Waals surface area contributed by atoms with E-state index in [1.54, 1.807) is 11.9 Å². The topological polar surface area (TPSA) is 121 Å². The molecule has 36 heavy (non-hydrogen) atoms. The molecular weight excluding hydrogens is 468 g/mol. The van der Waals surface area contributed by atoms with Crippen LogP contribution in [0.15, 0.2) is 23.0 Å². The second-order valence-corrected chi connectivity index (χ2v) is 10.2. The van der Waals surface area contributed by atoms with Gasteiger partial charge in [-0.15, -0.1) is 0 Å². The molecule has 0 saturated carbocycles. The maximum absolute atomic E-state index is 13.0. The summed E-state index contributed by atoms with van der Waals surface area (Å²) in [4.78, 5) is 51.0. The average molecular weight is 503 g/mol. The zero-order valence-corrected chi connectivity index (χ0v) is 21.2. The number of imide groups is 1. The molecule has 2 atom stereocenters. The number of nitrogens with one attached hydrogen (secondary N) is 1. The van der Waals surface area contributed by atoms with Gasteiger partial charge in [0.1, 0.15) is 11.6 Å². The molecular formula is C25H34N4O7. The van der Waals surface area contributed by atoms with Crippen LogP contribution >= 0.6 is 0 Å². The van der Waals surface area contributed by atoms with Crippen LogP contribution in [-0.2, 0) is 37.3 Å². The molecule has 2 aliphatic heterocycles. The summed E-state index contributed by atoms with van der Waals surface area (Å²) in [7, 11) is 1.68. The van der Waals surface area contributed by atoms with Gasteiger partial charge < -0.3 is 19.1 Å². The lowest BCUT2D eigenvalue weighted by Gasteiger charge is -2.34. The number of carbonyl (C=O) groups is 3. The highest BCUT2D eigenvalue weighted by atomic mass is 16.6. The molecule has 1 N–H and O–H groups in total. The third-order valence-electron chi connectivity index (χ3n) is 6.32. The van der Waals surface area contributed by atoms with Crippen molar-refractivity contribution in [3.05, 3.63) is 34.2 Å². The van der Waals surface area contributed by atoms with Crippen molar-refractivity contribution in [2.45, 2.75) is 57.8 Å². The number of amides is 3. The Kier molecular flexibility index (Phi) is 7.51. The number of imidazole rings is 1. The predicted molar refractivity (Wildman–Crippen MR) is 131 cm³/mol. The van der Waals surface area contributed by atoms with Gasteiger partial charge in [0.15, 0.2) is 0 Å². The highest BCUT2D eigenvalue weighted by Gasteiger charge is 2.32. The Bertz CT molecular complexity index is 1210. The van der Waals surface area contributed by atoms with Gasteiger partial charge in [0.05, 0.1) is 43.5 Å². The van der Waals surface area contributed by atoms with Crippen LogP contribution in [-0.4, -0.2) is 76.6 Å². The molecule has 11 nitrogen and oxygen atoms in total. The number of hydrogen-bond donors (Lipinski definition) is 1. The van der Waals surface area contributed by atoms with E-state index in [0.29, 0.717) is 51.3 Å². The van der Waals surface area contributed by atoms with Crippen LogP contribution in [0, 0.1) is 0 Å². The van der Waals surface area contributed by atoms with Crippen molar-refractivity contribution in [3.63, 3.8) is 0 Å². The lowest BCUT2D eigenvalue weighted by atomic mass is 10.1. The molecule has 0 aliphatic carbocycles. The van der Waals surface area contributed by atoms with Crippen molar-refractivity contribution in [2.24, 2.45) is 7.05 Å². The number of hydrogen-bond acceptors (Lipinski definition) is 7. The third-order valence-corrected chi connectivity index (χ3v) is 6.32. The minimum atomic E-state index is -0.721. The van der Waals surface area contributed by atoms with Gasteiger partial charge in [0, 0.05) is 20.0 Å². The van der Waals surface area contributed by atoms with E-state index in [9.17, 15) is 19.2 Å². The first-order valence-corrected chi connectivity index (χ1v) is 12.2. The van der Waals surface area contributed by atoms with Crippen LogP contribution in [0.1, 0.15) is 45.2 Å². The van der Waals surface area contributed by atoms with Gasteiger partial charge in [-0.2, -0.15) is 0 Å². The number of para-hydroxylation sites is 1. The highest BCUT2D eigenvalue weighted by molar-refractivity contribution is 6.00. The Morgan fingerprint density at radius 1 is 1.22 bits per heavy atom. The van der Waals surface area contributed by atoms with Crippen molar-refractivity contribution in [1.82, 2.24) is 19.4 Å². The zero-order chi connectivity index (χ0) is 26.0. The van der Waals surface area contributed by atoms with Gasteiger partial charge in [-0.1, -0.05) is 12.1 Å². The van der Waals surface area contributed by atoms with Crippen LogP contribution in [0.25, 0.3) is 11.0 Å². The fraction of sp³-hybridized carbons (Fsp3) is 0.600. The van der Waals surface area contributed by atoms with E-state index in [4.69, 9.17) is 14.2 Å². The molecule has 0 radical (unpaired) electrons. The van der Waals surface area contributed by atoms with E-state index in [2.05, 4.69) is 5.32 Å². The summed E-state index contributed by atoms with van der Waals surface area (Å²) in [5.41, 5.74) is 1.45. The third kappa shape index (κ3) is 5.62. The van der Waals surface area contributed by atoms with E-state index in [1.807, 2.05) is 39.0 Å². The number of rotatable bonds is 6. The smallest absolute Gasteiger partial charge is 0.410 e. The normalized spacial score (nSPS) is 21.1. The molecule has 2 aliphatic rings. The summed E-state index contributed by atoms with van der Waals surface area (Å²) in [5.74, 6) is -0.777. The molecule has 0 bridgehead atoms. The van der Waals surface area contributed by atoms with Crippen LogP contribution in [0.3, 0.4) is 0 Å². The van der Waals surface area contributed by atoms with E-state index in [0.717, 1.165) is 11.1 Å². The molecule has 1 aromatic heterocycles. The van der Waals surface area contributed by atoms with E-state index >= 15 is 0 Å². The summed E-state index contributed by atoms with van der Waals surface area (Å²) in [6.07, 6.45) is 0.427. The molecule has 2 fully saturated rings. The van der Waals surface area contributed by atoms with Crippen LogP contribution in [0.5, 0.6) is 0 Å². The summed E-state index contributed by atoms with van der Waals surface area (Å²) in [6, 6.07) is 4.87. The maximum Gasteiger partial charge on any atom is 0.410 e. The summed E-state index contributed by atoms with van der Waals surface area (Å²) in [6.45, 7) is 7.51. The molecule has 4 rings (SSSR count). The van der Waals surface area contributed by atoms with Gasteiger partial charge in [-0.3, -0.25) is 24.0 Å². The molecule has 1 aromatic carbocycles. The van der Waals surface area contributed by atoms with Crippen molar-refractivity contribution in [1.29, 1.82) is 0 Å². The first-order valence-electron chi connectivity index (χ1n) is 12.2. The molecule has 2 aromatic rings. The largest absolute Gasteiger partial charge is 0.444 e. The Morgan fingerprint density at radius 3 is 2.72 bits per heavy atom. The van der Waals surface area contributed by atoms with Crippen molar-refractivity contribution in [2.75, 3.05) is 32.9 Å². The monoisotopic (exact) mass is 502 g/mol. The maximum atomic E-state index is 13.0. The Balaban J connectivity index is 1.39. The van der Waals surface area contributed by atoms with Gasteiger partial charge >= 0.3 is 11.8 Å². The number of morpholine rings is 1. The SMILES string of the molecule is Cn1c(=O)n(C2CCC(=O)NC2=O)c2cccc(CCOC[C@H]3CN(C(=O)OC(C)(C)C)CCO3)c21. The summed E-state index contributed by atoms with van der Waals surface area (Å²) < 4.78 is 20.1. The standard InChI is InChI=1S/C25H34N4O7/c1-25(2,3)36-24(33)28-11-13-35-17(14-28)15-34-12-10-16-6-5-7-18-21(16)27(4)23(32)29(18)19-8-9-20(30)26-22(19)31/h5-7,17,19H,8-15H2,1-4H3,(H,26,30,31)/t17-,19?/m1/s1. The number of nitrogens with zero attached hydrogens (tertiary/aromatic N) is 3. The van der Waals surface area contributed by atoms with Crippen LogP contribution < -0.4 is 11.0 Å². The van der Waals surface area contributed by atoms with Crippen molar-refractivity contribution < 1.29 is 28.6 Å². The lowest BCUT2D eigenvalue weighted by Crippen LogP contribution is -2.48. The number of fused-ring (bicyclic) bond motifs is 1. The second kappa shape index (κ2) is 10.4. The van der Waals surface area contributed by atoms with Gasteiger partial charge in [-0.05, 0) is 45.2 Å². The van der Waals surface area contributed by atoms with Crippen molar-refractivity contribution >= 4 is 28.9 Å². The van der Waals surface area contributed by atoms with Gasteiger partial charge in [0.25, 0.3) is 0 Å². The van der Waals surface area contributed by atoms with Gasteiger partial charge in [-0.25, -0.2) is 9.59 Å². The highest BCUT2D eigenvalue weighted by Crippen LogP contribution is 2.25. The number of carbonyl (C=O) groups excluding carboxylic acids is 3. The van der Waals surface area contributed by atoms with Crippen molar-refractivity contribution in [3.8, 4) is 0 Å². The van der Waals surface area contributed by atoms with Crippen LogP contribution in [0.4, 0.5) is 4.79 Å². The Labute approximate surface area is 209 Å². The first-order chi connectivity index (χ1) is 17.0. The second-order valence-electron chi connectivity index (χ2n) is 10.2. The summed E-state index contributed by atoms with van der Waals surface area (Å²) >= 11 is 0. The Morgan fingerprint density at radius 2 is 2.00 bits per heavy atom. The average Bonchev–Trinajstić information content (AvgIpc) is 3.07.